The lowest BCUT2D eigenvalue weighted by molar-refractivity contribution is -0.263. The molecule has 6 N–H and O–H groups in total. The molecule has 1 saturated carbocycles. The fourth-order valence-electron chi connectivity index (χ4n) is 3.76. The predicted molar refractivity (Wildman–Crippen MR) is 120 cm³/mol. The molecule has 208 valence electrons. The van der Waals surface area contributed by atoms with Crippen LogP contribution in [0.5, 0.6) is 0 Å². The number of phosphoric ester groups is 1. The van der Waals surface area contributed by atoms with Crippen molar-refractivity contribution in [3.63, 3.8) is 0 Å². The van der Waals surface area contributed by atoms with E-state index >= 15 is 0 Å². The van der Waals surface area contributed by atoms with Crippen molar-refractivity contribution in [2.45, 2.75) is 56.3 Å². The molecule has 4 rings (SSSR count). The first-order valence-electron chi connectivity index (χ1n) is 10.8. The number of nitrogens with one attached hydrogen (secondary N) is 1. The third-order valence-corrected chi connectivity index (χ3v) is 7.40. The van der Waals surface area contributed by atoms with Gasteiger partial charge in [0, 0.05) is 0 Å². The van der Waals surface area contributed by atoms with Crippen LogP contribution in [0.25, 0.3) is 11.0 Å². The van der Waals surface area contributed by atoms with Gasteiger partial charge >= 0.3 is 15.4 Å². The number of nitrogens with zero attached hydrogens (tertiary/aromatic N) is 4. The van der Waals surface area contributed by atoms with Crippen molar-refractivity contribution in [3.05, 3.63) is 11.5 Å². The predicted octanol–water partition coefficient (Wildman–Crippen LogP) is 1.08. The van der Waals surface area contributed by atoms with Crippen LogP contribution in [0.1, 0.15) is 31.9 Å². The van der Waals surface area contributed by atoms with Crippen LogP contribution in [0.4, 0.5) is 5.82 Å². The number of hydrogen-bond acceptors (Lipinski definition) is 15. The van der Waals surface area contributed by atoms with E-state index < -0.39 is 52.9 Å². The zero-order valence-electron chi connectivity index (χ0n) is 18.8. The van der Waals surface area contributed by atoms with Crippen molar-refractivity contribution >= 4 is 43.9 Å². The van der Waals surface area contributed by atoms with E-state index in [-0.39, 0.29) is 22.9 Å². The summed E-state index contributed by atoms with van der Waals surface area (Å²) in [5.41, 5.74) is 2.93. The highest BCUT2D eigenvalue weighted by atomic mass is 35.5. The molecule has 0 amide bonds. The molecule has 3 heterocycles. The third kappa shape index (κ3) is 7.00. The number of halogens is 1. The van der Waals surface area contributed by atoms with Crippen molar-refractivity contribution in [2.75, 3.05) is 18.4 Å². The Hall–Kier alpha value is -1.34. The second-order valence-corrected chi connectivity index (χ2v) is 11.5. The average molecular weight is 592 g/mol. The Morgan fingerprint density at radius 3 is 2.59 bits per heavy atom. The van der Waals surface area contributed by atoms with Gasteiger partial charge in [-0.25, -0.2) is 24.9 Å². The van der Waals surface area contributed by atoms with Gasteiger partial charge in [0.1, 0.15) is 24.9 Å². The molecule has 2 fully saturated rings. The molecule has 0 aromatic carbocycles. The van der Waals surface area contributed by atoms with Gasteiger partial charge in [-0.15, -0.1) is 9.35 Å². The summed E-state index contributed by atoms with van der Waals surface area (Å²) in [5.74, 6) is 0.242. The molecule has 21 heteroatoms. The molecule has 37 heavy (non-hydrogen) atoms. The molecule has 1 aliphatic carbocycles. The number of aliphatic hydroxyl groups excluding tert-OH is 2. The Labute approximate surface area is 212 Å². The van der Waals surface area contributed by atoms with Gasteiger partial charge < -0.3 is 24.7 Å². The molecule has 1 unspecified atom stereocenters. The maximum Gasteiger partial charge on any atom is 0.470 e. The number of aliphatic hydroxyl groups is 2. The van der Waals surface area contributed by atoms with Crippen LogP contribution < -0.4 is 5.48 Å². The number of hydrogen-bond donors (Lipinski definition) is 6. The van der Waals surface area contributed by atoms with Crippen LogP contribution >= 0.6 is 27.0 Å². The van der Waals surface area contributed by atoms with E-state index in [0.29, 0.717) is 5.39 Å². The Bertz CT molecular complexity index is 1180. The minimum Gasteiger partial charge on any atom is -0.387 e. The first kappa shape index (κ1) is 28.7. The highest BCUT2D eigenvalue weighted by Crippen LogP contribution is 2.52. The van der Waals surface area contributed by atoms with Gasteiger partial charge in [0.05, 0.1) is 17.7 Å². The number of aromatic nitrogens is 4. The number of phosphoric acid groups is 1. The number of rotatable bonds is 12. The number of fused-ring (bicyclic) bond motifs is 1. The summed E-state index contributed by atoms with van der Waals surface area (Å²) in [4.78, 5) is 35.9. The van der Waals surface area contributed by atoms with Crippen molar-refractivity contribution in [1.82, 2.24) is 19.7 Å². The molecule has 18 nitrogen and oxygen atoms in total. The van der Waals surface area contributed by atoms with Crippen LogP contribution in [0.2, 0.25) is 5.28 Å². The minimum absolute atomic E-state index is 0.0202. The van der Waals surface area contributed by atoms with E-state index in [1.807, 2.05) is 0 Å². The largest absolute Gasteiger partial charge is 0.470 e. The van der Waals surface area contributed by atoms with Gasteiger partial charge in [0.25, 0.3) is 0 Å². The fraction of sp³-hybridized carbons (Fsp3) is 0.688. The van der Waals surface area contributed by atoms with Crippen LogP contribution in [0.3, 0.4) is 0 Å². The summed E-state index contributed by atoms with van der Waals surface area (Å²) < 4.78 is 41.5. The lowest BCUT2D eigenvalue weighted by Gasteiger charge is -2.17. The summed E-state index contributed by atoms with van der Waals surface area (Å²) in [6.45, 7) is -0.672. The topological polar surface area (TPSA) is 246 Å². The van der Waals surface area contributed by atoms with E-state index in [2.05, 4.69) is 39.3 Å². The molecule has 2 aromatic rings. The zero-order chi connectivity index (χ0) is 26.8. The second kappa shape index (κ2) is 11.8. The molecule has 5 atom stereocenters. The SMILES string of the molecule is O=P(O)(O)OCP(=O)(OO)OOC[C@H]1O[C@@H](n2ncc3c(NOC4CCCC4)nc(Cl)nc32)[C@H](O)[C@@H]1O. The highest BCUT2D eigenvalue weighted by molar-refractivity contribution is 7.54. The molecule has 1 aliphatic heterocycles. The first-order valence-corrected chi connectivity index (χ1v) is 14.4. The summed E-state index contributed by atoms with van der Waals surface area (Å²) in [6, 6.07) is 0. The van der Waals surface area contributed by atoms with E-state index in [0.717, 1.165) is 30.4 Å². The van der Waals surface area contributed by atoms with E-state index in [4.69, 9.17) is 36.2 Å². The van der Waals surface area contributed by atoms with Gasteiger partial charge in [-0.1, -0.05) is 12.8 Å². The molecule has 2 aromatic heterocycles. The first-order chi connectivity index (χ1) is 17.5. The van der Waals surface area contributed by atoms with Crippen molar-refractivity contribution in [1.29, 1.82) is 0 Å². The van der Waals surface area contributed by atoms with Crippen LogP contribution in [-0.4, -0.2) is 82.4 Å². The quantitative estimate of drug-likeness (QED) is 0.0874. The number of ether oxygens (including phenoxy) is 1. The smallest absolute Gasteiger partial charge is 0.387 e. The Balaban J connectivity index is 1.42. The zero-order valence-corrected chi connectivity index (χ0v) is 21.3. The summed E-state index contributed by atoms with van der Waals surface area (Å²) in [5, 5.41) is 34.1. The third-order valence-electron chi connectivity index (χ3n) is 5.54. The van der Waals surface area contributed by atoms with Gasteiger partial charge in [0.15, 0.2) is 24.0 Å². The van der Waals surface area contributed by atoms with Gasteiger partial charge in [-0.3, -0.25) is 13.9 Å². The van der Waals surface area contributed by atoms with Gasteiger partial charge in [0.2, 0.25) is 5.28 Å². The van der Waals surface area contributed by atoms with Crippen LogP contribution in [-0.2, 0) is 37.5 Å². The molecular weight excluding hydrogens is 568 g/mol. The molecule has 1 saturated heterocycles. The molecule has 0 spiro atoms. The second-order valence-electron chi connectivity index (χ2n) is 8.14. The lowest BCUT2D eigenvalue weighted by atomic mass is 10.1. The lowest BCUT2D eigenvalue weighted by Crippen LogP contribution is -2.34. The van der Waals surface area contributed by atoms with E-state index in [1.54, 1.807) is 0 Å². The minimum atomic E-state index is -5.06. The summed E-state index contributed by atoms with van der Waals surface area (Å²) in [7, 11) is -9.72. The van der Waals surface area contributed by atoms with Crippen LogP contribution in [0, 0.1) is 0 Å². The van der Waals surface area contributed by atoms with Gasteiger partial charge in [-0.2, -0.15) is 15.1 Å². The van der Waals surface area contributed by atoms with Crippen molar-refractivity contribution < 1.29 is 62.7 Å². The maximum absolute atomic E-state index is 12.0. The van der Waals surface area contributed by atoms with Gasteiger partial charge in [-0.05, 0) is 24.4 Å². The Morgan fingerprint density at radius 1 is 1.19 bits per heavy atom. The Kier molecular flexibility index (Phi) is 9.15. The normalized spacial score (nSPS) is 26.6. The summed E-state index contributed by atoms with van der Waals surface area (Å²) >= 11 is 6.06. The standard InChI is InChI=1S/C16H24ClN5O13P2/c17-16-19-13(21-33-8-3-1-2-4-8)9-5-18-22(14(9)20-16)15-12(24)11(23)10(32-15)6-30-35-36(26,34-25)7-31-37(27,28)29/h5,8,10-12,15,23-25H,1-4,6-7H2,(H,19,20,21)(H2,27,28,29)/t10-,11-,12-,15-,36?/m1/s1. The van der Waals surface area contributed by atoms with Crippen molar-refractivity contribution in [2.24, 2.45) is 0 Å². The maximum atomic E-state index is 12.0. The molecule has 0 bridgehead atoms. The fourth-order valence-corrected chi connectivity index (χ4v) is 5.43. The molecular formula is C16H24ClN5O13P2. The molecule has 2 aliphatic rings. The van der Waals surface area contributed by atoms with Crippen LogP contribution in [0.15, 0.2) is 6.20 Å². The monoisotopic (exact) mass is 591 g/mol. The number of anilines is 1. The summed E-state index contributed by atoms with van der Waals surface area (Å²) in [6.07, 6.45) is -1.70. The molecule has 0 radical (unpaired) electrons. The Morgan fingerprint density at radius 2 is 1.92 bits per heavy atom. The van der Waals surface area contributed by atoms with E-state index in [9.17, 15) is 19.3 Å². The average Bonchev–Trinajstić information content (AvgIpc) is 3.57. The van der Waals surface area contributed by atoms with Crippen molar-refractivity contribution in [3.8, 4) is 0 Å². The van der Waals surface area contributed by atoms with E-state index in [1.165, 1.54) is 6.20 Å². The highest BCUT2D eigenvalue weighted by Gasteiger charge is 2.45.